The Kier molecular flexibility index (Phi) is 5.95. The molecule has 0 aromatic heterocycles. The van der Waals surface area contributed by atoms with E-state index in [0.717, 1.165) is 31.6 Å². The van der Waals surface area contributed by atoms with E-state index in [4.69, 9.17) is 4.74 Å². The number of rotatable bonds is 5. The smallest absolute Gasteiger partial charge is 0.0817 e. The van der Waals surface area contributed by atoms with E-state index in [1.165, 1.54) is 38.6 Å². The van der Waals surface area contributed by atoms with Gasteiger partial charge in [0.1, 0.15) is 0 Å². The summed E-state index contributed by atoms with van der Waals surface area (Å²) in [5.74, 6) is 0.804. The van der Waals surface area contributed by atoms with Gasteiger partial charge in [-0.3, -0.25) is 4.90 Å². The molecule has 1 spiro atoms. The summed E-state index contributed by atoms with van der Waals surface area (Å²) in [6.45, 7) is 16.0. The maximum atomic E-state index is 6.60. The highest BCUT2D eigenvalue weighted by molar-refractivity contribution is 4.98. The van der Waals surface area contributed by atoms with Crippen LogP contribution in [-0.4, -0.2) is 60.3 Å². The summed E-state index contributed by atoms with van der Waals surface area (Å²) in [4.78, 5) is 5.19. The number of hydrogen-bond acceptors (Lipinski definition) is 3. The second-order valence-electron chi connectivity index (χ2n) is 8.74. The van der Waals surface area contributed by atoms with Crippen LogP contribution in [0.4, 0.5) is 0 Å². The van der Waals surface area contributed by atoms with Crippen molar-refractivity contribution < 1.29 is 4.74 Å². The maximum absolute atomic E-state index is 6.60. The molecule has 0 N–H and O–H groups in total. The fraction of sp³-hybridized carbons (Fsp3) is 1.00. The van der Waals surface area contributed by atoms with Crippen LogP contribution < -0.4 is 0 Å². The minimum atomic E-state index is 0.00460. The molecule has 3 nitrogen and oxygen atoms in total. The summed E-state index contributed by atoms with van der Waals surface area (Å²) in [6, 6.07) is 0.757. The fourth-order valence-electron chi connectivity index (χ4n) is 4.35. The van der Waals surface area contributed by atoms with Crippen molar-refractivity contribution in [2.45, 2.75) is 84.0 Å². The van der Waals surface area contributed by atoms with E-state index in [1.54, 1.807) is 0 Å². The predicted molar refractivity (Wildman–Crippen MR) is 94.4 cm³/mol. The van der Waals surface area contributed by atoms with Crippen molar-refractivity contribution in [1.82, 2.24) is 9.80 Å². The SMILES string of the molecule is CCN1CC(C)(C)O[C@]2(CC[C@H](N(C)CCC(C)C)CC2)C1. The number of ether oxygens (including phenoxy) is 1. The third-order valence-corrected chi connectivity index (χ3v) is 5.61. The molecule has 130 valence electrons. The zero-order valence-corrected chi connectivity index (χ0v) is 15.8. The minimum Gasteiger partial charge on any atom is -0.366 e. The first-order valence-corrected chi connectivity index (χ1v) is 9.38. The first kappa shape index (κ1) is 18.2. The Bertz CT molecular complexity index is 345. The maximum Gasteiger partial charge on any atom is 0.0817 e. The number of likely N-dealkylation sites (N-methyl/N-ethyl adjacent to an activating group) is 1. The standard InChI is InChI=1S/C19H38N2O/c1-7-21-14-18(4,5)22-19(15-21)11-8-17(9-12-19)20(6)13-10-16(2)3/h16-17H,7-15H2,1-6H3/t17-,19-. The molecular formula is C19H38N2O. The van der Waals surface area contributed by atoms with Gasteiger partial charge in [-0.05, 0) is 72.0 Å². The quantitative estimate of drug-likeness (QED) is 0.768. The van der Waals surface area contributed by atoms with Crippen LogP contribution in [0.3, 0.4) is 0 Å². The van der Waals surface area contributed by atoms with Gasteiger partial charge in [-0.2, -0.15) is 0 Å². The molecule has 1 aliphatic heterocycles. The third-order valence-electron chi connectivity index (χ3n) is 5.61. The van der Waals surface area contributed by atoms with Gasteiger partial charge in [0.25, 0.3) is 0 Å². The second-order valence-corrected chi connectivity index (χ2v) is 8.74. The zero-order valence-electron chi connectivity index (χ0n) is 15.8. The molecule has 3 heteroatoms. The zero-order chi connectivity index (χ0) is 16.4. The van der Waals surface area contributed by atoms with Crippen LogP contribution in [0.1, 0.15) is 66.7 Å². The van der Waals surface area contributed by atoms with Crippen molar-refractivity contribution in [2.24, 2.45) is 5.92 Å². The molecule has 1 saturated heterocycles. The molecule has 0 atom stereocenters. The lowest BCUT2D eigenvalue weighted by Gasteiger charge is -2.53. The molecule has 22 heavy (non-hydrogen) atoms. The molecule has 2 fully saturated rings. The molecule has 2 rings (SSSR count). The van der Waals surface area contributed by atoms with E-state index in [1.807, 2.05) is 0 Å². The van der Waals surface area contributed by atoms with Gasteiger partial charge in [-0.25, -0.2) is 0 Å². The highest BCUT2D eigenvalue weighted by Crippen LogP contribution is 2.40. The largest absolute Gasteiger partial charge is 0.366 e. The fourth-order valence-corrected chi connectivity index (χ4v) is 4.35. The van der Waals surface area contributed by atoms with Crippen LogP contribution in [0.15, 0.2) is 0 Å². The normalized spacial score (nSPS) is 33.0. The summed E-state index contributed by atoms with van der Waals surface area (Å²) in [5, 5.41) is 0. The summed E-state index contributed by atoms with van der Waals surface area (Å²) >= 11 is 0. The van der Waals surface area contributed by atoms with Gasteiger partial charge in [-0.15, -0.1) is 0 Å². The predicted octanol–water partition coefficient (Wildman–Crippen LogP) is 3.78. The Balaban J connectivity index is 1.90. The highest BCUT2D eigenvalue weighted by atomic mass is 16.5. The van der Waals surface area contributed by atoms with Gasteiger partial charge in [0.15, 0.2) is 0 Å². The van der Waals surface area contributed by atoms with Crippen molar-refractivity contribution in [2.75, 3.05) is 33.2 Å². The molecule has 1 saturated carbocycles. The van der Waals surface area contributed by atoms with Gasteiger partial charge < -0.3 is 9.64 Å². The van der Waals surface area contributed by atoms with E-state index in [-0.39, 0.29) is 11.2 Å². The van der Waals surface area contributed by atoms with Gasteiger partial charge in [-0.1, -0.05) is 20.8 Å². The van der Waals surface area contributed by atoms with Crippen molar-refractivity contribution in [3.05, 3.63) is 0 Å². The van der Waals surface area contributed by atoms with Crippen LogP contribution in [0, 0.1) is 5.92 Å². The number of hydrogen-bond donors (Lipinski definition) is 0. The van der Waals surface area contributed by atoms with Crippen molar-refractivity contribution in [1.29, 1.82) is 0 Å². The average Bonchev–Trinajstić information content (AvgIpc) is 2.43. The lowest BCUT2D eigenvalue weighted by atomic mass is 9.79. The van der Waals surface area contributed by atoms with Gasteiger partial charge in [0.2, 0.25) is 0 Å². The van der Waals surface area contributed by atoms with Gasteiger partial charge in [0, 0.05) is 19.1 Å². The molecule has 0 bridgehead atoms. The molecule has 2 aliphatic rings. The molecular weight excluding hydrogens is 272 g/mol. The topological polar surface area (TPSA) is 15.7 Å². The Morgan fingerprint density at radius 1 is 1.18 bits per heavy atom. The van der Waals surface area contributed by atoms with Crippen molar-refractivity contribution >= 4 is 0 Å². The summed E-state index contributed by atoms with van der Waals surface area (Å²) in [7, 11) is 2.31. The highest BCUT2D eigenvalue weighted by Gasteiger charge is 2.46. The Morgan fingerprint density at radius 2 is 1.82 bits per heavy atom. The lowest BCUT2D eigenvalue weighted by Crippen LogP contribution is -2.61. The summed E-state index contributed by atoms with van der Waals surface area (Å²) in [5.41, 5.74) is 0.123. The van der Waals surface area contributed by atoms with E-state index in [2.05, 4.69) is 51.5 Å². The van der Waals surface area contributed by atoms with E-state index < -0.39 is 0 Å². The number of morpholine rings is 1. The van der Waals surface area contributed by atoms with Gasteiger partial charge >= 0.3 is 0 Å². The molecule has 0 amide bonds. The third kappa shape index (κ3) is 4.69. The first-order valence-electron chi connectivity index (χ1n) is 9.38. The number of nitrogens with zero attached hydrogens (tertiary/aromatic N) is 2. The van der Waals surface area contributed by atoms with E-state index in [0.29, 0.717) is 0 Å². The van der Waals surface area contributed by atoms with Crippen LogP contribution in [0.2, 0.25) is 0 Å². The lowest BCUT2D eigenvalue weighted by molar-refractivity contribution is -0.211. The van der Waals surface area contributed by atoms with Crippen LogP contribution >= 0.6 is 0 Å². The molecule has 0 unspecified atom stereocenters. The van der Waals surface area contributed by atoms with Crippen LogP contribution in [0.5, 0.6) is 0 Å². The average molecular weight is 311 g/mol. The first-order chi connectivity index (χ1) is 10.3. The minimum absolute atomic E-state index is 0.00460. The molecule has 0 radical (unpaired) electrons. The monoisotopic (exact) mass is 310 g/mol. The second kappa shape index (κ2) is 7.19. The molecule has 1 heterocycles. The molecule has 0 aromatic carbocycles. The summed E-state index contributed by atoms with van der Waals surface area (Å²) < 4.78 is 6.60. The molecule has 1 aliphatic carbocycles. The molecule has 0 aromatic rings. The van der Waals surface area contributed by atoms with E-state index >= 15 is 0 Å². The summed E-state index contributed by atoms with van der Waals surface area (Å²) in [6.07, 6.45) is 6.35. The van der Waals surface area contributed by atoms with Crippen LogP contribution in [0.25, 0.3) is 0 Å². The van der Waals surface area contributed by atoms with Crippen molar-refractivity contribution in [3.8, 4) is 0 Å². The van der Waals surface area contributed by atoms with E-state index in [9.17, 15) is 0 Å². The van der Waals surface area contributed by atoms with Crippen LogP contribution in [-0.2, 0) is 4.74 Å². The Labute approximate surface area is 138 Å². The van der Waals surface area contributed by atoms with Crippen molar-refractivity contribution in [3.63, 3.8) is 0 Å². The Morgan fingerprint density at radius 3 is 2.36 bits per heavy atom. The Hall–Kier alpha value is -0.120. The van der Waals surface area contributed by atoms with Gasteiger partial charge in [0.05, 0.1) is 11.2 Å².